The van der Waals surface area contributed by atoms with Crippen LogP contribution in [-0.4, -0.2) is 24.4 Å². The summed E-state index contributed by atoms with van der Waals surface area (Å²) >= 11 is 3.34. The van der Waals surface area contributed by atoms with Gasteiger partial charge in [-0.05, 0) is 37.1 Å². The number of ether oxygens (including phenoxy) is 1. The van der Waals surface area contributed by atoms with Gasteiger partial charge in [-0.3, -0.25) is 4.99 Å². The van der Waals surface area contributed by atoms with Crippen LogP contribution < -0.4 is 0 Å². The summed E-state index contributed by atoms with van der Waals surface area (Å²) in [5.74, 6) is -0.413. The molecule has 0 atom stereocenters. The van der Waals surface area contributed by atoms with E-state index in [1.54, 1.807) is 0 Å². The van der Waals surface area contributed by atoms with Crippen molar-refractivity contribution < 1.29 is 14.6 Å². The molecule has 2 rings (SSSR count). The minimum Gasteiger partial charge on any atom is -0.511 e. The SMILES string of the molecule is COC(=O)C(C=Nc1ccc(Br)cc1)=C(O)C1CC1. The second kappa shape index (κ2) is 6.02. The van der Waals surface area contributed by atoms with Crippen LogP contribution in [0, 0.1) is 5.92 Å². The summed E-state index contributed by atoms with van der Waals surface area (Å²) in [5, 5.41) is 9.95. The van der Waals surface area contributed by atoms with E-state index in [0.29, 0.717) is 5.69 Å². The molecule has 1 aliphatic carbocycles. The van der Waals surface area contributed by atoms with Crippen LogP contribution in [0.4, 0.5) is 5.69 Å². The van der Waals surface area contributed by atoms with Crippen molar-refractivity contribution in [2.45, 2.75) is 12.8 Å². The third-order valence-electron chi connectivity index (χ3n) is 2.81. The second-order valence-electron chi connectivity index (χ2n) is 4.30. The van der Waals surface area contributed by atoms with E-state index in [1.165, 1.54) is 13.3 Å². The van der Waals surface area contributed by atoms with E-state index in [1.807, 2.05) is 24.3 Å². The quantitative estimate of drug-likeness (QED) is 0.399. The van der Waals surface area contributed by atoms with Gasteiger partial charge in [0.1, 0.15) is 11.3 Å². The van der Waals surface area contributed by atoms with Crippen LogP contribution in [0.3, 0.4) is 0 Å². The molecular formula is C14H14BrNO3. The van der Waals surface area contributed by atoms with Crippen LogP contribution in [0.25, 0.3) is 0 Å². The van der Waals surface area contributed by atoms with Crippen LogP contribution in [0.1, 0.15) is 12.8 Å². The van der Waals surface area contributed by atoms with Crippen molar-refractivity contribution in [3.63, 3.8) is 0 Å². The van der Waals surface area contributed by atoms with Crippen molar-refractivity contribution >= 4 is 33.8 Å². The number of methoxy groups -OCH3 is 1. The number of hydrogen-bond acceptors (Lipinski definition) is 4. The van der Waals surface area contributed by atoms with Gasteiger partial charge >= 0.3 is 5.97 Å². The Morgan fingerprint density at radius 1 is 1.42 bits per heavy atom. The van der Waals surface area contributed by atoms with E-state index in [9.17, 15) is 9.90 Å². The highest BCUT2D eigenvalue weighted by Gasteiger charge is 2.30. The van der Waals surface area contributed by atoms with Crippen LogP contribution in [0.5, 0.6) is 0 Å². The molecule has 1 saturated carbocycles. The molecule has 0 aromatic heterocycles. The van der Waals surface area contributed by atoms with Crippen LogP contribution in [0.2, 0.25) is 0 Å². The molecule has 1 fully saturated rings. The number of nitrogens with zero attached hydrogens (tertiary/aromatic N) is 1. The number of benzene rings is 1. The Kier molecular flexibility index (Phi) is 4.37. The van der Waals surface area contributed by atoms with Gasteiger partial charge in [-0.2, -0.15) is 0 Å². The minimum atomic E-state index is -0.565. The van der Waals surface area contributed by atoms with Gasteiger partial charge < -0.3 is 9.84 Å². The molecule has 100 valence electrons. The third-order valence-corrected chi connectivity index (χ3v) is 3.34. The molecule has 0 radical (unpaired) electrons. The smallest absolute Gasteiger partial charge is 0.342 e. The number of carbonyl (C=O) groups excluding carboxylic acids is 1. The number of aliphatic hydroxyl groups is 1. The molecule has 0 heterocycles. The lowest BCUT2D eigenvalue weighted by Gasteiger charge is -2.03. The van der Waals surface area contributed by atoms with Gasteiger partial charge in [0.05, 0.1) is 12.8 Å². The largest absolute Gasteiger partial charge is 0.511 e. The zero-order chi connectivity index (χ0) is 13.8. The molecule has 1 N–H and O–H groups in total. The molecule has 4 nitrogen and oxygen atoms in total. The zero-order valence-corrected chi connectivity index (χ0v) is 12.1. The van der Waals surface area contributed by atoms with Crippen LogP contribution >= 0.6 is 15.9 Å². The van der Waals surface area contributed by atoms with Crippen LogP contribution in [0.15, 0.2) is 45.1 Å². The first-order chi connectivity index (χ1) is 9.11. The Balaban J connectivity index is 2.23. The van der Waals surface area contributed by atoms with Crippen molar-refractivity contribution in [3.05, 3.63) is 40.1 Å². The normalized spacial score (nSPS) is 16.3. The topological polar surface area (TPSA) is 58.9 Å². The predicted octanol–water partition coefficient (Wildman–Crippen LogP) is 3.55. The number of carbonyl (C=O) groups is 1. The van der Waals surface area contributed by atoms with E-state index in [0.717, 1.165) is 17.3 Å². The molecule has 1 aliphatic rings. The van der Waals surface area contributed by atoms with E-state index in [-0.39, 0.29) is 17.3 Å². The highest BCUT2D eigenvalue weighted by Crippen LogP contribution is 2.36. The number of aliphatic imine (C=N–C) groups is 1. The number of halogens is 1. The van der Waals surface area contributed by atoms with Gasteiger partial charge in [-0.25, -0.2) is 4.79 Å². The number of hydrogen-bond donors (Lipinski definition) is 1. The van der Waals surface area contributed by atoms with Crippen molar-refractivity contribution in [1.82, 2.24) is 0 Å². The van der Waals surface area contributed by atoms with Gasteiger partial charge in [0, 0.05) is 16.6 Å². The Labute approximate surface area is 119 Å². The fourth-order valence-corrected chi connectivity index (χ4v) is 1.84. The zero-order valence-electron chi connectivity index (χ0n) is 10.5. The second-order valence-corrected chi connectivity index (χ2v) is 5.22. The Morgan fingerprint density at radius 3 is 2.58 bits per heavy atom. The average Bonchev–Trinajstić information content (AvgIpc) is 3.24. The van der Waals surface area contributed by atoms with E-state index in [4.69, 9.17) is 0 Å². The molecule has 19 heavy (non-hydrogen) atoms. The summed E-state index contributed by atoms with van der Waals surface area (Å²) in [7, 11) is 1.29. The van der Waals surface area contributed by atoms with Gasteiger partial charge in [-0.15, -0.1) is 0 Å². The van der Waals surface area contributed by atoms with E-state index >= 15 is 0 Å². The fourth-order valence-electron chi connectivity index (χ4n) is 1.58. The molecule has 5 heteroatoms. The summed E-state index contributed by atoms with van der Waals surface area (Å²) in [6.07, 6.45) is 3.17. The Hall–Kier alpha value is -1.62. The first-order valence-electron chi connectivity index (χ1n) is 5.93. The molecule has 0 bridgehead atoms. The van der Waals surface area contributed by atoms with E-state index < -0.39 is 5.97 Å². The number of rotatable bonds is 4. The van der Waals surface area contributed by atoms with Gasteiger partial charge in [0.25, 0.3) is 0 Å². The van der Waals surface area contributed by atoms with Crippen molar-refractivity contribution in [3.8, 4) is 0 Å². The Bertz CT molecular complexity index is 530. The van der Waals surface area contributed by atoms with Crippen LogP contribution in [-0.2, 0) is 9.53 Å². The lowest BCUT2D eigenvalue weighted by atomic mass is 10.2. The maximum Gasteiger partial charge on any atom is 0.342 e. The number of esters is 1. The van der Waals surface area contributed by atoms with Crippen molar-refractivity contribution in [2.24, 2.45) is 10.9 Å². The lowest BCUT2D eigenvalue weighted by Crippen LogP contribution is -2.10. The molecule has 0 amide bonds. The van der Waals surface area contributed by atoms with E-state index in [2.05, 4.69) is 25.7 Å². The number of aliphatic hydroxyl groups excluding tert-OH is 1. The molecule has 0 saturated heterocycles. The monoisotopic (exact) mass is 323 g/mol. The first-order valence-corrected chi connectivity index (χ1v) is 6.72. The molecular weight excluding hydrogens is 310 g/mol. The minimum absolute atomic E-state index is 0.0745. The summed E-state index contributed by atoms with van der Waals surface area (Å²) in [5.41, 5.74) is 0.834. The van der Waals surface area contributed by atoms with Gasteiger partial charge in [-0.1, -0.05) is 15.9 Å². The molecule has 0 spiro atoms. The van der Waals surface area contributed by atoms with Gasteiger partial charge in [0.2, 0.25) is 0 Å². The number of allylic oxidation sites excluding steroid dienone is 1. The van der Waals surface area contributed by atoms with Crippen molar-refractivity contribution in [2.75, 3.05) is 7.11 Å². The summed E-state index contributed by atoms with van der Waals surface area (Å²) in [6, 6.07) is 7.33. The maximum atomic E-state index is 11.6. The standard InChI is InChI=1S/C14H14BrNO3/c1-19-14(18)12(13(17)9-2-3-9)8-16-11-6-4-10(15)5-7-11/h4-9,17H,2-3H2,1H3. The average molecular weight is 324 g/mol. The summed E-state index contributed by atoms with van der Waals surface area (Å²) < 4.78 is 5.62. The highest BCUT2D eigenvalue weighted by molar-refractivity contribution is 9.10. The molecule has 0 unspecified atom stereocenters. The molecule has 0 aliphatic heterocycles. The maximum absolute atomic E-state index is 11.6. The Morgan fingerprint density at radius 2 is 2.05 bits per heavy atom. The fraction of sp³-hybridized carbons (Fsp3) is 0.286. The molecule has 1 aromatic carbocycles. The molecule has 1 aromatic rings. The first kappa shape index (κ1) is 13.8. The van der Waals surface area contributed by atoms with Crippen molar-refractivity contribution in [1.29, 1.82) is 0 Å². The van der Waals surface area contributed by atoms with Gasteiger partial charge in [0.15, 0.2) is 0 Å². The summed E-state index contributed by atoms with van der Waals surface area (Å²) in [6.45, 7) is 0. The summed E-state index contributed by atoms with van der Waals surface area (Å²) in [4.78, 5) is 15.8. The predicted molar refractivity (Wildman–Crippen MR) is 76.7 cm³/mol. The highest BCUT2D eigenvalue weighted by atomic mass is 79.9. The lowest BCUT2D eigenvalue weighted by molar-refractivity contribution is -0.135. The third kappa shape index (κ3) is 3.67.